The van der Waals surface area contributed by atoms with E-state index < -0.39 is 0 Å². The number of carbonyl (C=O) groups is 1. The highest BCUT2D eigenvalue weighted by Gasteiger charge is 2.31. The number of fused-ring (bicyclic) bond motifs is 1. The van der Waals surface area contributed by atoms with Gasteiger partial charge in [0.2, 0.25) is 0 Å². The number of methoxy groups -OCH3 is 1. The summed E-state index contributed by atoms with van der Waals surface area (Å²) in [7, 11) is 1.38. The maximum atomic E-state index is 11.5. The predicted octanol–water partition coefficient (Wildman–Crippen LogP) is 1.73. The van der Waals surface area contributed by atoms with Gasteiger partial charge in [-0.2, -0.15) is 0 Å². The third kappa shape index (κ3) is 1.83. The maximum Gasteiger partial charge on any atom is 0.316 e. The number of esters is 1. The van der Waals surface area contributed by atoms with Gasteiger partial charge in [0.25, 0.3) is 0 Å². The molecule has 0 aromatic heterocycles. The molecule has 0 amide bonds. The molecule has 0 saturated carbocycles. The van der Waals surface area contributed by atoms with Crippen molar-refractivity contribution in [1.82, 2.24) is 0 Å². The Labute approximate surface area is 94.1 Å². The summed E-state index contributed by atoms with van der Waals surface area (Å²) in [6.07, 6.45) is 0. The van der Waals surface area contributed by atoms with Crippen LogP contribution in [0.3, 0.4) is 0 Å². The predicted molar refractivity (Wildman–Crippen MR) is 57.9 cm³/mol. The zero-order valence-corrected chi connectivity index (χ0v) is 9.36. The molecule has 1 aromatic rings. The van der Waals surface area contributed by atoms with Crippen LogP contribution in [0.1, 0.15) is 18.4 Å². The molecular weight excluding hydrogens is 208 g/mol. The van der Waals surface area contributed by atoms with E-state index in [1.54, 1.807) is 0 Å². The van der Waals surface area contributed by atoms with E-state index in [9.17, 15) is 4.79 Å². The molecule has 0 saturated heterocycles. The number of carbonyl (C=O) groups excluding carboxylic acids is 1. The Morgan fingerprint density at radius 2 is 2.38 bits per heavy atom. The smallest absolute Gasteiger partial charge is 0.316 e. The lowest BCUT2D eigenvalue weighted by atomic mass is 10.0. The quantitative estimate of drug-likeness (QED) is 0.731. The van der Waals surface area contributed by atoms with E-state index in [0.717, 1.165) is 11.3 Å². The monoisotopic (exact) mass is 222 g/mol. The molecule has 1 heterocycles. The minimum Gasteiger partial charge on any atom is -0.494 e. The lowest BCUT2D eigenvalue weighted by Gasteiger charge is -2.07. The molecule has 1 unspecified atom stereocenters. The second kappa shape index (κ2) is 4.43. The molecule has 0 N–H and O–H groups in total. The van der Waals surface area contributed by atoms with Crippen LogP contribution in [0.2, 0.25) is 0 Å². The topological polar surface area (TPSA) is 44.8 Å². The van der Waals surface area contributed by atoms with Crippen LogP contribution < -0.4 is 9.47 Å². The van der Waals surface area contributed by atoms with Gasteiger partial charge in [-0.15, -0.1) is 0 Å². The molecule has 0 radical (unpaired) electrons. The first-order chi connectivity index (χ1) is 7.76. The van der Waals surface area contributed by atoms with Gasteiger partial charge in [0, 0.05) is 11.6 Å². The third-order valence-corrected chi connectivity index (χ3v) is 2.56. The van der Waals surface area contributed by atoms with Crippen molar-refractivity contribution in [3.05, 3.63) is 23.8 Å². The molecule has 0 bridgehead atoms. The van der Waals surface area contributed by atoms with E-state index in [-0.39, 0.29) is 11.9 Å². The highest BCUT2D eigenvalue weighted by atomic mass is 16.5. The summed E-state index contributed by atoms with van der Waals surface area (Å²) in [5.41, 5.74) is 0.871. The number of hydrogen-bond donors (Lipinski definition) is 0. The molecule has 0 spiro atoms. The Hall–Kier alpha value is -1.71. The Kier molecular flexibility index (Phi) is 2.99. The lowest BCUT2D eigenvalue weighted by molar-refractivity contribution is -0.142. The molecule has 86 valence electrons. The van der Waals surface area contributed by atoms with Crippen molar-refractivity contribution in [3.63, 3.8) is 0 Å². The zero-order chi connectivity index (χ0) is 11.5. The number of rotatable bonds is 3. The fraction of sp³-hybridized carbons (Fsp3) is 0.417. The first-order valence-corrected chi connectivity index (χ1v) is 5.23. The molecule has 0 fully saturated rings. The van der Waals surface area contributed by atoms with Gasteiger partial charge in [0.05, 0.1) is 13.7 Å². The van der Waals surface area contributed by atoms with E-state index in [4.69, 9.17) is 14.2 Å². The third-order valence-electron chi connectivity index (χ3n) is 2.56. The average Bonchev–Trinajstić information content (AvgIpc) is 2.71. The highest BCUT2D eigenvalue weighted by molar-refractivity contribution is 5.80. The molecule has 1 aromatic carbocycles. The number of ether oxygens (including phenoxy) is 3. The minimum absolute atomic E-state index is 0.261. The second-order valence-corrected chi connectivity index (χ2v) is 3.52. The Morgan fingerprint density at radius 1 is 1.56 bits per heavy atom. The standard InChI is InChI=1S/C12H14O4/c1-3-15-8-4-5-9-10(12(13)14-2)7-16-11(9)6-8/h4-6,10H,3,7H2,1-2H3. The molecular formula is C12H14O4. The van der Waals surface area contributed by atoms with Gasteiger partial charge in [-0.05, 0) is 13.0 Å². The lowest BCUT2D eigenvalue weighted by Crippen LogP contribution is -2.15. The largest absolute Gasteiger partial charge is 0.494 e. The van der Waals surface area contributed by atoms with E-state index >= 15 is 0 Å². The summed E-state index contributed by atoms with van der Waals surface area (Å²) in [5, 5.41) is 0. The van der Waals surface area contributed by atoms with Crippen LogP contribution >= 0.6 is 0 Å². The molecule has 4 heteroatoms. The SMILES string of the molecule is CCOc1ccc2c(c1)OCC2C(=O)OC. The summed E-state index contributed by atoms with van der Waals surface area (Å²) in [6.45, 7) is 2.88. The number of benzene rings is 1. The van der Waals surface area contributed by atoms with Crippen LogP contribution in [0.15, 0.2) is 18.2 Å². The normalized spacial score (nSPS) is 17.5. The summed E-state index contributed by atoms with van der Waals surface area (Å²) < 4.78 is 15.5. The fourth-order valence-electron chi connectivity index (χ4n) is 1.78. The van der Waals surface area contributed by atoms with E-state index in [1.165, 1.54) is 7.11 Å². The number of hydrogen-bond acceptors (Lipinski definition) is 4. The van der Waals surface area contributed by atoms with Crippen molar-refractivity contribution in [1.29, 1.82) is 0 Å². The summed E-state index contributed by atoms with van der Waals surface area (Å²) in [6, 6.07) is 5.50. The van der Waals surface area contributed by atoms with Gasteiger partial charge >= 0.3 is 5.97 Å². The van der Waals surface area contributed by atoms with Gasteiger partial charge < -0.3 is 14.2 Å². The van der Waals surface area contributed by atoms with Crippen LogP contribution in [0, 0.1) is 0 Å². The van der Waals surface area contributed by atoms with Crippen molar-refractivity contribution in [3.8, 4) is 11.5 Å². The van der Waals surface area contributed by atoms with E-state index in [0.29, 0.717) is 19.0 Å². The maximum absolute atomic E-state index is 11.5. The highest BCUT2D eigenvalue weighted by Crippen LogP contribution is 2.37. The van der Waals surface area contributed by atoms with Gasteiger partial charge in [-0.3, -0.25) is 4.79 Å². The summed E-state index contributed by atoms with van der Waals surface area (Å²) in [4.78, 5) is 11.5. The summed E-state index contributed by atoms with van der Waals surface area (Å²) >= 11 is 0. The van der Waals surface area contributed by atoms with Gasteiger partial charge in [-0.1, -0.05) is 6.07 Å². The average molecular weight is 222 g/mol. The Bertz CT molecular complexity index is 400. The van der Waals surface area contributed by atoms with Crippen molar-refractivity contribution in [2.24, 2.45) is 0 Å². The molecule has 1 aliphatic heterocycles. The van der Waals surface area contributed by atoms with Gasteiger partial charge in [0.15, 0.2) is 0 Å². The van der Waals surface area contributed by atoms with E-state index in [2.05, 4.69) is 0 Å². The van der Waals surface area contributed by atoms with Crippen LogP contribution in [0.4, 0.5) is 0 Å². The molecule has 1 aliphatic rings. The van der Waals surface area contributed by atoms with Crippen molar-refractivity contribution in [2.45, 2.75) is 12.8 Å². The van der Waals surface area contributed by atoms with Gasteiger partial charge in [-0.25, -0.2) is 0 Å². The summed E-state index contributed by atoms with van der Waals surface area (Å²) in [5.74, 6) is 0.895. The van der Waals surface area contributed by atoms with E-state index in [1.807, 2.05) is 25.1 Å². The van der Waals surface area contributed by atoms with Crippen molar-refractivity contribution < 1.29 is 19.0 Å². The van der Waals surface area contributed by atoms with Gasteiger partial charge in [0.1, 0.15) is 24.0 Å². The molecule has 4 nitrogen and oxygen atoms in total. The van der Waals surface area contributed by atoms with Crippen LogP contribution in [-0.2, 0) is 9.53 Å². The van der Waals surface area contributed by atoms with Crippen molar-refractivity contribution in [2.75, 3.05) is 20.3 Å². The minimum atomic E-state index is -0.310. The Balaban J connectivity index is 2.25. The second-order valence-electron chi connectivity index (χ2n) is 3.52. The fourth-order valence-corrected chi connectivity index (χ4v) is 1.78. The van der Waals surface area contributed by atoms with Crippen molar-refractivity contribution >= 4 is 5.97 Å². The van der Waals surface area contributed by atoms with Crippen LogP contribution in [0.25, 0.3) is 0 Å². The first-order valence-electron chi connectivity index (χ1n) is 5.23. The molecule has 0 aliphatic carbocycles. The molecule has 2 rings (SSSR count). The molecule has 1 atom stereocenters. The van der Waals surface area contributed by atoms with Crippen LogP contribution in [-0.4, -0.2) is 26.3 Å². The molecule has 16 heavy (non-hydrogen) atoms. The Morgan fingerprint density at radius 3 is 3.06 bits per heavy atom. The zero-order valence-electron chi connectivity index (χ0n) is 9.36. The van der Waals surface area contributed by atoms with Crippen LogP contribution in [0.5, 0.6) is 11.5 Å². The first kappa shape index (κ1) is 10.8.